The number of nitrogens with zero attached hydrogens (tertiary/aromatic N) is 1. The van der Waals surface area contributed by atoms with Gasteiger partial charge < -0.3 is 10.1 Å². The van der Waals surface area contributed by atoms with E-state index in [0.29, 0.717) is 0 Å². The van der Waals surface area contributed by atoms with E-state index >= 15 is 0 Å². The normalized spacial score (nSPS) is 11.1. The molecule has 2 aromatic heterocycles. The molecule has 142 valence electrons. The standard InChI is InChI=1S/C23H21BrN2OS/c1-27-21-6-5-17-12-19(14-25-9-7-16-3-2-4-20(24)11-16)23(26-22(17)13-21)18-8-10-28-15-18/h2-6,8,10-13,15,25H,7,9,14H2,1H3. The molecular formula is C23H21BrN2OS. The van der Waals surface area contributed by atoms with Gasteiger partial charge in [0.2, 0.25) is 0 Å². The van der Waals surface area contributed by atoms with E-state index < -0.39 is 0 Å². The number of methoxy groups -OCH3 is 1. The van der Waals surface area contributed by atoms with Crippen molar-refractivity contribution in [3.8, 4) is 17.0 Å². The topological polar surface area (TPSA) is 34.1 Å². The molecule has 0 fully saturated rings. The van der Waals surface area contributed by atoms with E-state index in [1.54, 1.807) is 18.4 Å². The second kappa shape index (κ2) is 8.86. The molecule has 0 bridgehead atoms. The van der Waals surface area contributed by atoms with E-state index in [9.17, 15) is 0 Å². The van der Waals surface area contributed by atoms with Crippen LogP contribution in [0.5, 0.6) is 5.75 Å². The van der Waals surface area contributed by atoms with Crippen LogP contribution in [0, 0.1) is 0 Å². The first kappa shape index (κ1) is 19.1. The van der Waals surface area contributed by atoms with E-state index in [-0.39, 0.29) is 0 Å². The van der Waals surface area contributed by atoms with Crippen molar-refractivity contribution in [2.24, 2.45) is 0 Å². The Morgan fingerprint density at radius 1 is 1.11 bits per heavy atom. The Morgan fingerprint density at radius 2 is 2.04 bits per heavy atom. The summed E-state index contributed by atoms with van der Waals surface area (Å²) in [7, 11) is 1.69. The molecule has 2 aromatic carbocycles. The van der Waals surface area contributed by atoms with Crippen molar-refractivity contribution in [3.63, 3.8) is 0 Å². The molecule has 0 amide bonds. The molecule has 0 radical (unpaired) electrons. The summed E-state index contributed by atoms with van der Waals surface area (Å²) in [5.41, 5.74) is 5.70. The van der Waals surface area contributed by atoms with E-state index in [2.05, 4.69) is 74.5 Å². The number of fused-ring (bicyclic) bond motifs is 1. The van der Waals surface area contributed by atoms with Gasteiger partial charge in [-0.25, -0.2) is 4.98 Å². The summed E-state index contributed by atoms with van der Waals surface area (Å²) in [5.74, 6) is 0.830. The SMILES string of the molecule is COc1ccc2cc(CNCCc3cccc(Br)c3)c(-c3ccsc3)nc2c1. The molecule has 4 aromatic rings. The van der Waals surface area contributed by atoms with Crippen molar-refractivity contribution in [1.29, 1.82) is 0 Å². The van der Waals surface area contributed by atoms with Gasteiger partial charge in [0.25, 0.3) is 0 Å². The molecule has 2 heterocycles. The maximum absolute atomic E-state index is 5.36. The number of benzene rings is 2. The highest BCUT2D eigenvalue weighted by Crippen LogP contribution is 2.29. The Bertz CT molecular complexity index is 1080. The summed E-state index contributed by atoms with van der Waals surface area (Å²) in [5, 5.41) is 8.96. The Hall–Kier alpha value is -2.21. The molecule has 0 unspecified atom stereocenters. The number of pyridine rings is 1. The highest BCUT2D eigenvalue weighted by Gasteiger charge is 2.10. The lowest BCUT2D eigenvalue weighted by Gasteiger charge is -2.12. The minimum Gasteiger partial charge on any atom is -0.497 e. The minimum absolute atomic E-state index is 0.786. The van der Waals surface area contributed by atoms with Gasteiger partial charge in [-0.1, -0.05) is 28.1 Å². The predicted octanol–water partition coefficient (Wildman–Crippen LogP) is 6.07. The van der Waals surface area contributed by atoms with Gasteiger partial charge in [0.1, 0.15) is 5.75 Å². The molecular weight excluding hydrogens is 432 g/mol. The first-order valence-corrected chi connectivity index (χ1v) is 10.9. The maximum atomic E-state index is 5.36. The quantitative estimate of drug-likeness (QED) is 0.345. The van der Waals surface area contributed by atoms with Crippen LogP contribution in [0.15, 0.2) is 69.8 Å². The summed E-state index contributed by atoms with van der Waals surface area (Å²) in [6.45, 7) is 1.70. The number of thiophene rings is 1. The Labute approximate surface area is 177 Å². The molecule has 0 spiro atoms. The lowest BCUT2D eigenvalue weighted by molar-refractivity contribution is 0.415. The Kier molecular flexibility index (Phi) is 6.05. The first-order valence-electron chi connectivity index (χ1n) is 9.18. The molecule has 0 aliphatic rings. The number of hydrogen-bond acceptors (Lipinski definition) is 4. The van der Waals surface area contributed by atoms with E-state index in [0.717, 1.165) is 46.3 Å². The summed E-state index contributed by atoms with van der Waals surface area (Å²) in [6, 6.07) is 18.9. The summed E-state index contributed by atoms with van der Waals surface area (Å²) in [6.07, 6.45) is 0.992. The number of aromatic nitrogens is 1. The fraction of sp³-hybridized carbons (Fsp3) is 0.174. The Morgan fingerprint density at radius 3 is 2.82 bits per heavy atom. The van der Waals surface area contributed by atoms with Gasteiger partial charge in [-0.15, -0.1) is 0 Å². The van der Waals surface area contributed by atoms with Crippen LogP contribution in [0.3, 0.4) is 0 Å². The Balaban J connectivity index is 1.55. The third kappa shape index (κ3) is 4.43. The maximum Gasteiger partial charge on any atom is 0.121 e. The van der Waals surface area contributed by atoms with Crippen molar-refractivity contribution >= 4 is 38.2 Å². The van der Waals surface area contributed by atoms with Crippen LogP contribution < -0.4 is 10.1 Å². The highest BCUT2D eigenvalue weighted by molar-refractivity contribution is 9.10. The fourth-order valence-electron chi connectivity index (χ4n) is 3.25. The lowest BCUT2D eigenvalue weighted by atomic mass is 10.0. The van der Waals surface area contributed by atoms with Crippen LogP contribution in [-0.4, -0.2) is 18.6 Å². The van der Waals surface area contributed by atoms with Crippen LogP contribution in [0.1, 0.15) is 11.1 Å². The summed E-state index contributed by atoms with van der Waals surface area (Å²) >= 11 is 5.23. The predicted molar refractivity (Wildman–Crippen MR) is 121 cm³/mol. The monoisotopic (exact) mass is 452 g/mol. The van der Waals surface area contributed by atoms with Gasteiger partial charge in [0.15, 0.2) is 0 Å². The van der Waals surface area contributed by atoms with Gasteiger partial charge in [-0.05, 0) is 65.9 Å². The third-order valence-electron chi connectivity index (χ3n) is 4.69. The molecule has 28 heavy (non-hydrogen) atoms. The average molecular weight is 453 g/mol. The zero-order valence-corrected chi connectivity index (χ0v) is 18.0. The first-order chi connectivity index (χ1) is 13.7. The second-order valence-electron chi connectivity index (χ2n) is 6.62. The molecule has 0 aliphatic heterocycles. The second-order valence-corrected chi connectivity index (χ2v) is 8.32. The van der Waals surface area contributed by atoms with Crippen LogP contribution in [-0.2, 0) is 13.0 Å². The average Bonchev–Trinajstić information content (AvgIpc) is 3.25. The van der Waals surface area contributed by atoms with Crippen molar-refractivity contribution in [2.45, 2.75) is 13.0 Å². The molecule has 1 N–H and O–H groups in total. The zero-order valence-electron chi connectivity index (χ0n) is 15.6. The van der Waals surface area contributed by atoms with Crippen molar-refractivity contribution in [3.05, 3.63) is 81.0 Å². The van der Waals surface area contributed by atoms with Gasteiger partial charge in [0.05, 0.1) is 18.3 Å². The number of ether oxygens (including phenoxy) is 1. The van der Waals surface area contributed by atoms with Gasteiger partial charge >= 0.3 is 0 Å². The molecule has 3 nitrogen and oxygen atoms in total. The molecule has 5 heteroatoms. The summed E-state index contributed by atoms with van der Waals surface area (Å²) in [4.78, 5) is 4.96. The molecule has 0 saturated carbocycles. The molecule has 0 aliphatic carbocycles. The third-order valence-corrected chi connectivity index (χ3v) is 5.87. The van der Waals surface area contributed by atoms with Gasteiger partial charge in [0, 0.05) is 33.4 Å². The molecule has 0 atom stereocenters. The van der Waals surface area contributed by atoms with Crippen LogP contribution in [0.4, 0.5) is 0 Å². The number of rotatable bonds is 7. The van der Waals surface area contributed by atoms with Crippen molar-refractivity contribution in [2.75, 3.05) is 13.7 Å². The fourth-order valence-corrected chi connectivity index (χ4v) is 4.34. The van der Waals surface area contributed by atoms with E-state index in [1.165, 1.54) is 16.7 Å². The number of halogens is 1. The number of nitrogens with one attached hydrogen (secondary N) is 1. The van der Waals surface area contributed by atoms with Crippen molar-refractivity contribution < 1.29 is 4.74 Å². The van der Waals surface area contributed by atoms with Crippen molar-refractivity contribution in [1.82, 2.24) is 10.3 Å². The minimum atomic E-state index is 0.786. The van der Waals surface area contributed by atoms with Crippen LogP contribution in [0.25, 0.3) is 22.2 Å². The van der Waals surface area contributed by atoms with Crippen LogP contribution >= 0.6 is 27.3 Å². The van der Waals surface area contributed by atoms with E-state index in [1.807, 2.05) is 12.1 Å². The largest absolute Gasteiger partial charge is 0.497 e. The molecule has 4 rings (SSSR count). The van der Waals surface area contributed by atoms with Gasteiger partial charge in [-0.2, -0.15) is 11.3 Å². The lowest BCUT2D eigenvalue weighted by Crippen LogP contribution is -2.17. The smallest absolute Gasteiger partial charge is 0.121 e. The van der Waals surface area contributed by atoms with Crippen LogP contribution in [0.2, 0.25) is 0 Å². The number of hydrogen-bond donors (Lipinski definition) is 1. The van der Waals surface area contributed by atoms with E-state index in [4.69, 9.17) is 9.72 Å². The highest BCUT2D eigenvalue weighted by atomic mass is 79.9. The zero-order chi connectivity index (χ0) is 19.3. The summed E-state index contributed by atoms with van der Waals surface area (Å²) < 4.78 is 6.48. The van der Waals surface area contributed by atoms with Gasteiger partial charge in [-0.3, -0.25) is 0 Å². The molecule has 0 saturated heterocycles.